The van der Waals surface area contributed by atoms with Crippen LogP contribution in [0, 0.1) is 6.92 Å². The molecule has 1 unspecified atom stereocenters. The lowest BCUT2D eigenvalue weighted by Crippen LogP contribution is -2.47. The Hall–Kier alpha value is -1.55. The highest BCUT2D eigenvalue weighted by Crippen LogP contribution is 2.19. The number of benzene rings is 1. The molecule has 0 bridgehead atoms. The summed E-state index contributed by atoms with van der Waals surface area (Å²) in [6.07, 6.45) is 2.22. The third kappa shape index (κ3) is 3.07. The molecule has 1 amide bonds. The molecule has 0 saturated carbocycles. The standard InChI is InChI=1S/C15H23N3O/c1-11-6-7-12(9-14(11)16)15(19)18-8-4-5-13(10-18)17(2)3/h6-7,9,13H,4-5,8,10,16H2,1-3H3. The van der Waals surface area contributed by atoms with E-state index in [1.807, 2.05) is 24.0 Å². The summed E-state index contributed by atoms with van der Waals surface area (Å²) in [6.45, 7) is 3.60. The summed E-state index contributed by atoms with van der Waals surface area (Å²) < 4.78 is 0. The minimum atomic E-state index is 0.0956. The zero-order chi connectivity index (χ0) is 14.0. The molecule has 4 nitrogen and oxygen atoms in total. The van der Waals surface area contributed by atoms with Crippen LogP contribution in [-0.2, 0) is 0 Å². The molecule has 1 aromatic carbocycles. The predicted molar refractivity (Wildman–Crippen MR) is 78.2 cm³/mol. The number of nitrogens with zero attached hydrogens (tertiary/aromatic N) is 2. The molecule has 0 aliphatic carbocycles. The third-order valence-electron chi connectivity index (χ3n) is 3.94. The van der Waals surface area contributed by atoms with Gasteiger partial charge in [0.1, 0.15) is 0 Å². The van der Waals surface area contributed by atoms with Gasteiger partial charge >= 0.3 is 0 Å². The number of hydrogen-bond donors (Lipinski definition) is 1. The fourth-order valence-electron chi connectivity index (χ4n) is 2.52. The van der Waals surface area contributed by atoms with Gasteiger partial charge in [-0.05, 0) is 51.6 Å². The molecule has 2 rings (SSSR count). The second kappa shape index (κ2) is 5.61. The Kier molecular flexibility index (Phi) is 4.10. The van der Waals surface area contributed by atoms with E-state index in [2.05, 4.69) is 19.0 Å². The van der Waals surface area contributed by atoms with Gasteiger partial charge in [0.25, 0.3) is 5.91 Å². The van der Waals surface area contributed by atoms with Gasteiger partial charge in [0.15, 0.2) is 0 Å². The molecule has 0 spiro atoms. The SMILES string of the molecule is Cc1ccc(C(=O)N2CCCC(N(C)C)C2)cc1N. The molecular weight excluding hydrogens is 238 g/mol. The molecule has 1 heterocycles. The average Bonchev–Trinajstić information content (AvgIpc) is 2.41. The number of nitrogen functional groups attached to an aromatic ring is 1. The second-order valence-corrected chi connectivity index (χ2v) is 5.58. The number of aryl methyl sites for hydroxylation is 1. The summed E-state index contributed by atoms with van der Waals surface area (Å²) in [5, 5.41) is 0. The topological polar surface area (TPSA) is 49.6 Å². The number of hydrogen-bond acceptors (Lipinski definition) is 3. The second-order valence-electron chi connectivity index (χ2n) is 5.58. The van der Waals surface area contributed by atoms with Crippen LogP contribution in [0.5, 0.6) is 0 Å². The van der Waals surface area contributed by atoms with Crippen molar-refractivity contribution in [2.45, 2.75) is 25.8 Å². The van der Waals surface area contributed by atoms with Crippen LogP contribution in [0.4, 0.5) is 5.69 Å². The van der Waals surface area contributed by atoms with E-state index in [-0.39, 0.29) is 5.91 Å². The lowest BCUT2D eigenvalue weighted by atomic mass is 10.0. The molecule has 4 heteroatoms. The van der Waals surface area contributed by atoms with E-state index in [1.54, 1.807) is 6.07 Å². The van der Waals surface area contributed by atoms with E-state index in [9.17, 15) is 4.79 Å². The molecule has 1 fully saturated rings. The number of anilines is 1. The molecule has 1 atom stereocenters. The molecule has 1 aliphatic heterocycles. The van der Waals surface area contributed by atoms with E-state index in [4.69, 9.17) is 5.73 Å². The Balaban J connectivity index is 2.12. The summed E-state index contributed by atoms with van der Waals surface area (Å²) >= 11 is 0. The van der Waals surface area contributed by atoms with Gasteiger partial charge in [-0.3, -0.25) is 4.79 Å². The number of likely N-dealkylation sites (N-methyl/N-ethyl adjacent to an activating group) is 1. The summed E-state index contributed by atoms with van der Waals surface area (Å²) in [7, 11) is 4.14. The van der Waals surface area contributed by atoms with Crippen molar-refractivity contribution < 1.29 is 4.79 Å². The summed E-state index contributed by atoms with van der Waals surface area (Å²) in [4.78, 5) is 16.6. The summed E-state index contributed by atoms with van der Waals surface area (Å²) in [5.74, 6) is 0.0956. The van der Waals surface area contributed by atoms with Crippen LogP contribution in [0.15, 0.2) is 18.2 Å². The smallest absolute Gasteiger partial charge is 0.253 e. The number of carbonyl (C=O) groups is 1. The normalized spacial score (nSPS) is 19.8. The molecule has 1 saturated heterocycles. The molecule has 0 radical (unpaired) electrons. The number of nitrogens with two attached hydrogens (primary N) is 1. The summed E-state index contributed by atoms with van der Waals surface area (Å²) in [5.41, 5.74) is 8.28. The van der Waals surface area contributed by atoms with Crippen LogP contribution in [0.3, 0.4) is 0 Å². The molecule has 19 heavy (non-hydrogen) atoms. The lowest BCUT2D eigenvalue weighted by Gasteiger charge is -2.36. The van der Waals surface area contributed by atoms with Crippen molar-refractivity contribution in [2.24, 2.45) is 0 Å². The maximum Gasteiger partial charge on any atom is 0.253 e. The molecule has 2 N–H and O–H groups in total. The first kappa shape index (κ1) is 13.9. The Morgan fingerprint density at radius 2 is 2.16 bits per heavy atom. The van der Waals surface area contributed by atoms with Gasteiger partial charge in [-0.1, -0.05) is 6.07 Å². The number of amides is 1. The van der Waals surface area contributed by atoms with E-state index < -0.39 is 0 Å². The van der Waals surface area contributed by atoms with Crippen molar-refractivity contribution in [3.63, 3.8) is 0 Å². The van der Waals surface area contributed by atoms with E-state index in [0.717, 1.165) is 31.5 Å². The van der Waals surface area contributed by atoms with Gasteiger partial charge in [-0.15, -0.1) is 0 Å². The largest absolute Gasteiger partial charge is 0.398 e. The van der Waals surface area contributed by atoms with Gasteiger partial charge in [0.05, 0.1) is 0 Å². The van der Waals surface area contributed by atoms with Crippen molar-refractivity contribution in [3.05, 3.63) is 29.3 Å². The van der Waals surface area contributed by atoms with E-state index in [0.29, 0.717) is 17.3 Å². The van der Waals surface area contributed by atoms with Crippen LogP contribution >= 0.6 is 0 Å². The van der Waals surface area contributed by atoms with Gasteiger partial charge in [-0.2, -0.15) is 0 Å². The Morgan fingerprint density at radius 1 is 1.42 bits per heavy atom. The van der Waals surface area contributed by atoms with Gasteiger partial charge < -0.3 is 15.5 Å². The van der Waals surface area contributed by atoms with Crippen LogP contribution in [-0.4, -0.2) is 48.9 Å². The number of piperidine rings is 1. The van der Waals surface area contributed by atoms with Gasteiger partial charge in [0.2, 0.25) is 0 Å². The first-order valence-corrected chi connectivity index (χ1v) is 6.81. The zero-order valence-corrected chi connectivity index (χ0v) is 12.0. The highest BCUT2D eigenvalue weighted by Gasteiger charge is 2.25. The van der Waals surface area contributed by atoms with Crippen LogP contribution in [0.1, 0.15) is 28.8 Å². The van der Waals surface area contributed by atoms with Crippen LogP contribution in [0.2, 0.25) is 0 Å². The van der Waals surface area contributed by atoms with Crippen LogP contribution < -0.4 is 5.73 Å². The number of likely N-dealkylation sites (tertiary alicyclic amines) is 1. The van der Waals surface area contributed by atoms with Gasteiger partial charge in [-0.25, -0.2) is 0 Å². The van der Waals surface area contributed by atoms with Crippen molar-refractivity contribution in [1.29, 1.82) is 0 Å². The molecule has 0 aromatic heterocycles. The molecule has 1 aliphatic rings. The minimum Gasteiger partial charge on any atom is -0.398 e. The van der Waals surface area contributed by atoms with Crippen molar-refractivity contribution in [1.82, 2.24) is 9.80 Å². The van der Waals surface area contributed by atoms with Gasteiger partial charge in [0, 0.05) is 30.4 Å². The lowest BCUT2D eigenvalue weighted by molar-refractivity contribution is 0.0635. The Morgan fingerprint density at radius 3 is 2.79 bits per heavy atom. The Bertz CT molecular complexity index is 470. The van der Waals surface area contributed by atoms with Crippen molar-refractivity contribution in [3.8, 4) is 0 Å². The first-order chi connectivity index (χ1) is 8.99. The van der Waals surface area contributed by atoms with Crippen molar-refractivity contribution in [2.75, 3.05) is 32.9 Å². The molecule has 1 aromatic rings. The fraction of sp³-hybridized carbons (Fsp3) is 0.533. The maximum absolute atomic E-state index is 12.5. The zero-order valence-electron chi connectivity index (χ0n) is 12.0. The fourth-order valence-corrected chi connectivity index (χ4v) is 2.52. The van der Waals surface area contributed by atoms with E-state index >= 15 is 0 Å². The molecular formula is C15H23N3O. The Labute approximate surface area is 115 Å². The van der Waals surface area contributed by atoms with Crippen LogP contribution in [0.25, 0.3) is 0 Å². The average molecular weight is 261 g/mol. The minimum absolute atomic E-state index is 0.0956. The van der Waals surface area contributed by atoms with Crippen molar-refractivity contribution >= 4 is 11.6 Å². The summed E-state index contributed by atoms with van der Waals surface area (Å²) in [6, 6.07) is 6.03. The van der Waals surface area contributed by atoms with E-state index in [1.165, 1.54) is 0 Å². The monoisotopic (exact) mass is 261 g/mol. The third-order valence-corrected chi connectivity index (χ3v) is 3.94. The predicted octanol–water partition coefficient (Wildman–Crippen LogP) is 1.74. The highest BCUT2D eigenvalue weighted by molar-refractivity contribution is 5.95. The maximum atomic E-state index is 12.5. The number of carbonyl (C=O) groups excluding carboxylic acids is 1. The highest BCUT2D eigenvalue weighted by atomic mass is 16.2. The number of rotatable bonds is 2. The molecule has 104 valence electrons. The quantitative estimate of drug-likeness (QED) is 0.825. The first-order valence-electron chi connectivity index (χ1n) is 6.81.